The summed E-state index contributed by atoms with van der Waals surface area (Å²) in [5.41, 5.74) is 3.42. The van der Waals surface area contributed by atoms with Crippen LogP contribution in [-0.4, -0.2) is 26.6 Å². The number of hydrogen-bond acceptors (Lipinski definition) is 4. The molecule has 0 fully saturated rings. The number of pyridine rings is 2. The summed E-state index contributed by atoms with van der Waals surface area (Å²) in [7, 11) is 0. The molecule has 37 heavy (non-hydrogen) atoms. The molecule has 0 aliphatic heterocycles. The summed E-state index contributed by atoms with van der Waals surface area (Å²) < 4.78 is 47.9. The molecule has 0 saturated heterocycles. The molecule has 1 atom stereocenters. The third-order valence-electron chi connectivity index (χ3n) is 5.82. The fourth-order valence-corrected chi connectivity index (χ4v) is 4.05. The van der Waals surface area contributed by atoms with Crippen LogP contribution in [0.5, 0.6) is 5.75 Å². The standard InChI is InChI=1S/C28H21F3N4O2/c1-16-23(28(36)34-19-8-10-20(11-9-19)37-17(2)29)13-18(14-32-16)21-6-4-12-35-25(21)15-33-27(35)22-5-3-7-24(30)26(22)31/h3-15,17H,1-2H3,(H,34,36). The van der Waals surface area contributed by atoms with E-state index in [-0.39, 0.29) is 17.3 Å². The topological polar surface area (TPSA) is 68.5 Å². The van der Waals surface area contributed by atoms with E-state index in [4.69, 9.17) is 4.74 Å². The van der Waals surface area contributed by atoms with Crippen molar-refractivity contribution in [3.8, 4) is 28.3 Å². The Bertz CT molecular complexity index is 1610. The Morgan fingerprint density at radius 1 is 1.00 bits per heavy atom. The lowest BCUT2D eigenvalue weighted by atomic mass is 10.0. The van der Waals surface area contributed by atoms with Gasteiger partial charge in [0.05, 0.1) is 28.5 Å². The number of ether oxygens (including phenoxy) is 1. The molecular weight excluding hydrogens is 481 g/mol. The number of fused-ring (bicyclic) bond motifs is 1. The maximum Gasteiger partial charge on any atom is 0.257 e. The summed E-state index contributed by atoms with van der Waals surface area (Å²) in [4.78, 5) is 21.8. The number of benzene rings is 2. The summed E-state index contributed by atoms with van der Waals surface area (Å²) in [6, 6.07) is 15.6. The van der Waals surface area contributed by atoms with Crippen LogP contribution in [0.1, 0.15) is 23.0 Å². The van der Waals surface area contributed by atoms with Crippen molar-refractivity contribution in [2.45, 2.75) is 20.2 Å². The summed E-state index contributed by atoms with van der Waals surface area (Å²) in [5.74, 6) is -1.71. The molecule has 6 nitrogen and oxygen atoms in total. The molecule has 0 bridgehead atoms. The Hall–Kier alpha value is -4.66. The molecule has 0 aliphatic rings. The van der Waals surface area contributed by atoms with Crippen molar-refractivity contribution < 1.29 is 22.7 Å². The second-order valence-electron chi connectivity index (χ2n) is 8.36. The quantitative estimate of drug-likeness (QED) is 0.284. The van der Waals surface area contributed by atoms with Crippen LogP contribution in [-0.2, 0) is 0 Å². The van der Waals surface area contributed by atoms with E-state index < -0.39 is 18.0 Å². The first-order valence-electron chi connectivity index (χ1n) is 11.4. The maximum absolute atomic E-state index is 14.5. The molecule has 1 amide bonds. The lowest BCUT2D eigenvalue weighted by Crippen LogP contribution is -2.14. The van der Waals surface area contributed by atoms with E-state index >= 15 is 0 Å². The van der Waals surface area contributed by atoms with Gasteiger partial charge in [0, 0.05) is 36.1 Å². The largest absolute Gasteiger partial charge is 0.461 e. The second kappa shape index (κ2) is 9.77. The van der Waals surface area contributed by atoms with Gasteiger partial charge in [-0.05, 0) is 55.5 Å². The third-order valence-corrected chi connectivity index (χ3v) is 5.82. The predicted octanol–water partition coefficient (Wildman–Crippen LogP) is 6.60. The van der Waals surface area contributed by atoms with Gasteiger partial charge in [0.25, 0.3) is 5.91 Å². The molecule has 5 rings (SSSR count). The first-order valence-corrected chi connectivity index (χ1v) is 11.4. The Morgan fingerprint density at radius 2 is 1.76 bits per heavy atom. The number of nitrogens with one attached hydrogen (secondary N) is 1. The highest BCUT2D eigenvalue weighted by atomic mass is 19.2. The van der Waals surface area contributed by atoms with Gasteiger partial charge in [-0.25, -0.2) is 18.2 Å². The Balaban J connectivity index is 1.48. The summed E-state index contributed by atoms with van der Waals surface area (Å²) >= 11 is 0. The fourth-order valence-electron chi connectivity index (χ4n) is 4.05. The van der Waals surface area contributed by atoms with Gasteiger partial charge in [-0.3, -0.25) is 14.2 Å². The second-order valence-corrected chi connectivity index (χ2v) is 8.36. The molecule has 1 N–H and O–H groups in total. The van der Waals surface area contributed by atoms with E-state index in [1.165, 1.54) is 19.1 Å². The average Bonchev–Trinajstić information content (AvgIpc) is 3.31. The number of anilines is 1. The number of carbonyl (C=O) groups excluding carboxylic acids is 1. The normalized spacial score (nSPS) is 11.9. The van der Waals surface area contributed by atoms with Crippen LogP contribution < -0.4 is 10.1 Å². The average molecular weight is 502 g/mol. The van der Waals surface area contributed by atoms with Gasteiger partial charge in [-0.1, -0.05) is 12.1 Å². The van der Waals surface area contributed by atoms with E-state index in [1.807, 2.05) is 6.07 Å². The highest BCUT2D eigenvalue weighted by Gasteiger charge is 2.18. The van der Waals surface area contributed by atoms with E-state index in [0.717, 1.165) is 6.07 Å². The Labute approximate surface area is 210 Å². The fraction of sp³-hybridized carbons (Fsp3) is 0.107. The zero-order chi connectivity index (χ0) is 26.1. The van der Waals surface area contributed by atoms with E-state index in [0.29, 0.717) is 39.3 Å². The van der Waals surface area contributed by atoms with E-state index in [9.17, 15) is 18.0 Å². The molecule has 1 unspecified atom stereocenters. The molecule has 9 heteroatoms. The van der Waals surface area contributed by atoms with Crippen molar-refractivity contribution in [2.24, 2.45) is 0 Å². The van der Waals surface area contributed by atoms with Gasteiger partial charge < -0.3 is 10.1 Å². The minimum absolute atomic E-state index is 0.0386. The first kappa shape index (κ1) is 24.1. The number of hydrogen-bond donors (Lipinski definition) is 1. The monoisotopic (exact) mass is 502 g/mol. The zero-order valence-electron chi connectivity index (χ0n) is 19.9. The predicted molar refractivity (Wildman–Crippen MR) is 134 cm³/mol. The molecule has 186 valence electrons. The number of rotatable bonds is 6. The Morgan fingerprint density at radius 3 is 2.51 bits per heavy atom. The number of carbonyl (C=O) groups is 1. The number of aromatic nitrogens is 3. The highest BCUT2D eigenvalue weighted by molar-refractivity contribution is 6.06. The van der Waals surface area contributed by atoms with Crippen molar-refractivity contribution in [3.05, 3.63) is 102 Å². The smallest absolute Gasteiger partial charge is 0.257 e. The van der Waals surface area contributed by atoms with Crippen LogP contribution in [0.3, 0.4) is 0 Å². The van der Waals surface area contributed by atoms with Crippen LogP contribution in [0.25, 0.3) is 28.0 Å². The molecule has 0 radical (unpaired) electrons. The third kappa shape index (κ3) is 4.75. The molecule has 0 spiro atoms. The first-order chi connectivity index (χ1) is 17.8. The molecule has 3 heterocycles. The minimum atomic E-state index is -1.44. The lowest BCUT2D eigenvalue weighted by Gasteiger charge is -2.12. The van der Waals surface area contributed by atoms with Crippen LogP contribution in [0, 0.1) is 18.6 Å². The van der Waals surface area contributed by atoms with Gasteiger partial charge in [0.15, 0.2) is 11.6 Å². The van der Waals surface area contributed by atoms with Gasteiger partial charge in [-0.2, -0.15) is 0 Å². The highest BCUT2D eigenvalue weighted by Crippen LogP contribution is 2.30. The summed E-state index contributed by atoms with van der Waals surface area (Å²) in [6.45, 7) is 3.01. The molecule has 3 aromatic heterocycles. The molecule has 0 aliphatic carbocycles. The van der Waals surface area contributed by atoms with E-state index in [2.05, 4.69) is 15.3 Å². The van der Waals surface area contributed by atoms with Crippen molar-refractivity contribution in [1.82, 2.24) is 14.4 Å². The van der Waals surface area contributed by atoms with Gasteiger partial charge in [-0.15, -0.1) is 0 Å². The van der Waals surface area contributed by atoms with Crippen LogP contribution in [0.2, 0.25) is 0 Å². The zero-order valence-corrected chi connectivity index (χ0v) is 19.9. The number of alkyl halides is 1. The number of imidazole rings is 1. The lowest BCUT2D eigenvalue weighted by molar-refractivity contribution is 0.0860. The molecule has 0 saturated carbocycles. The summed E-state index contributed by atoms with van der Waals surface area (Å²) in [5, 5.41) is 2.81. The van der Waals surface area contributed by atoms with Crippen molar-refractivity contribution in [1.29, 1.82) is 0 Å². The van der Waals surface area contributed by atoms with Gasteiger partial charge in [0.1, 0.15) is 11.6 Å². The Kier molecular flexibility index (Phi) is 6.35. The van der Waals surface area contributed by atoms with Crippen LogP contribution in [0.4, 0.5) is 18.9 Å². The van der Waals surface area contributed by atoms with Gasteiger partial charge >= 0.3 is 0 Å². The number of amides is 1. The van der Waals surface area contributed by atoms with Crippen LogP contribution >= 0.6 is 0 Å². The summed E-state index contributed by atoms with van der Waals surface area (Å²) in [6.07, 6.45) is 3.47. The van der Waals surface area contributed by atoms with Crippen molar-refractivity contribution >= 4 is 17.1 Å². The molecular formula is C28H21F3N4O2. The number of nitrogens with zero attached hydrogens (tertiary/aromatic N) is 3. The van der Waals surface area contributed by atoms with Gasteiger partial charge in [0.2, 0.25) is 6.36 Å². The maximum atomic E-state index is 14.5. The number of aryl methyl sites for hydroxylation is 1. The van der Waals surface area contributed by atoms with Crippen molar-refractivity contribution in [3.63, 3.8) is 0 Å². The van der Waals surface area contributed by atoms with Crippen LogP contribution in [0.15, 0.2) is 79.3 Å². The number of halogens is 3. The minimum Gasteiger partial charge on any atom is -0.461 e. The molecule has 5 aromatic rings. The SMILES string of the molecule is Cc1ncc(-c2cccn3c(-c4cccc(F)c4F)ncc23)cc1C(=O)Nc1ccc(OC(C)F)cc1. The van der Waals surface area contributed by atoms with E-state index in [1.54, 1.807) is 66.3 Å². The van der Waals surface area contributed by atoms with Crippen molar-refractivity contribution in [2.75, 3.05) is 5.32 Å². The molecule has 2 aromatic carbocycles.